The molecule has 3 rings (SSSR count). The van der Waals surface area contributed by atoms with Gasteiger partial charge in [0.05, 0.1) is 18.0 Å². The van der Waals surface area contributed by atoms with Gasteiger partial charge in [-0.15, -0.1) is 0 Å². The van der Waals surface area contributed by atoms with Crippen LogP contribution >= 0.6 is 0 Å². The zero-order chi connectivity index (χ0) is 15.5. The summed E-state index contributed by atoms with van der Waals surface area (Å²) in [6.07, 6.45) is 1.89. The van der Waals surface area contributed by atoms with E-state index >= 15 is 0 Å². The third kappa shape index (κ3) is 2.81. The van der Waals surface area contributed by atoms with Crippen LogP contribution in [0.5, 0.6) is 0 Å². The van der Waals surface area contributed by atoms with Gasteiger partial charge in [-0.1, -0.05) is 56.3 Å². The van der Waals surface area contributed by atoms with Gasteiger partial charge < -0.3 is 5.11 Å². The minimum Gasteiger partial charge on any atom is -0.392 e. The Morgan fingerprint density at radius 3 is 2.27 bits per heavy atom. The minimum absolute atomic E-state index is 0.0197. The van der Waals surface area contributed by atoms with E-state index in [0.29, 0.717) is 5.92 Å². The normalized spacial score (nSPS) is 11.1. The molecule has 22 heavy (non-hydrogen) atoms. The molecule has 112 valence electrons. The number of hydrogen-bond donors (Lipinski definition) is 1. The maximum atomic E-state index is 9.63. The van der Waals surface area contributed by atoms with Crippen molar-refractivity contribution in [1.82, 2.24) is 9.78 Å². The van der Waals surface area contributed by atoms with Gasteiger partial charge in [0.2, 0.25) is 0 Å². The maximum Gasteiger partial charge on any atom is 0.0982 e. The van der Waals surface area contributed by atoms with Crippen LogP contribution in [0.4, 0.5) is 0 Å². The molecule has 0 fully saturated rings. The molecule has 0 bridgehead atoms. The molecular weight excluding hydrogens is 272 g/mol. The Balaban J connectivity index is 2.01. The number of aliphatic hydroxyl groups is 1. The molecule has 0 radical (unpaired) electrons. The van der Waals surface area contributed by atoms with Gasteiger partial charge in [0, 0.05) is 17.3 Å². The molecule has 0 saturated heterocycles. The summed E-state index contributed by atoms with van der Waals surface area (Å²) in [6, 6.07) is 18.3. The third-order valence-corrected chi connectivity index (χ3v) is 3.83. The molecule has 0 spiro atoms. The van der Waals surface area contributed by atoms with E-state index in [1.807, 2.05) is 41.2 Å². The molecule has 0 aliphatic rings. The summed E-state index contributed by atoms with van der Waals surface area (Å²) in [4.78, 5) is 0. The second-order valence-corrected chi connectivity index (χ2v) is 5.72. The lowest BCUT2D eigenvalue weighted by Gasteiger charge is -2.06. The van der Waals surface area contributed by atoms with E-state index in [1.54, 1.807) is 0 Å². The number of para-hydroxylation sites is 1. The molecule has 2 aromatic carbocycles. The zero-order valence-corrected chi connectivity index (χ0v) is 12.9. The van der Waals surface area contributed by atoms with Crippen LogP contribution in [0.3, 0.4) is 0 Å². The molecule has 0 aliphatic heterocycles. The van der Waals surface area contributed by atoms with Gasteiger partial charge in [0.1, 0.15) is 0 Å². The fraction of sp³-hybridized carbons (Fsp3) is 0.211. The lowest BCUT2D eigenvalue weighted by atomic mass is 10.00. The molecule has 1 aromatic heterocycles. The predicted molar refractivity (Wildman–Crippen MR) is 89.0 cm³/mol. The molecule has 0 unspecified atom stereocenters. The monoisotopic (exact) mass is 292 g/mol. The van der Waals surface area contributed by atoms with Crippen molar-refractivity contribution in [3.63, 3.8) is 0 Å². The molecule has 0 saturated carbocycles. The molecule has 0 aliphatic carbocycles. The van der Waals surface area contributed by atoms with E-state index in [4.69, 9.17) is 0 Å². The van der Waals surface area contributed by atoms with Crippen molar-refractivity contribution in [2.45, 2.75) is 26.4 Å². The predicted octanol–water partition coefficient (Wildman–Crippen LogP) is 4.16. The molecule has 3 nitrogen and oxygen atoms in total. The van der Waals surface area contributed by atoms with Gasteiger partial charge in [-0.2, -0.15) is 5.10 Å². The average molecular weight is 292 g/mol. The molecule has 1 N–H and O–H groups in total. The summed E-state index contributed by atoms with van der Waals surface area (Å²) in [5.74, 6) is 0.508. The Kier molecular flexibility index (Phi) is 4.07. The second kappa shape index (κ2) is 6.16. The van der Waals surface area contributed by atoms with Crippen LogP contribution in [0.15, 0.2) is 60.8 Å². The zero-order valence-electron chi connectivity index (χ0n) is 12.9. The lowest BCUT2D eigenvalue weighted by Crippen LogP contribution is -1.94. The van der Waals surface area contributed by atoms with E-state index in [0.717, 1.165) is 22.5 Å². The summed E-state index contributed by atoms with van der Waals surface area (Å²) in [7, 11) is 0. The van der Waals surface area contributed by atoms with Crippen molar-refractivity contribution in [2.24, 2.45) is 0 Å². The van der Waals surface area contributed by atoms with Gasteiger partial charge in [-0.25, -0.2) is 4.68 Å². The van der Waals surface area contributed by atoms with Crippen LogP contribution in [0.1, 0.15) is 30.9 Å². The first-order valence-corrected chi connectivity index (χ1v) is 7.54. The Morgan fingerprint density at radius 1 is 1.00 bits per heavy atom. The summed E-state index contributed by atoms with van der Waals surface area (Å²) in [5, 5.41) is 14.3. The summed E-state index contributed by atoms with van der Waals surface area (Å²) in [5.41, 5.74) is 4.99. The van der Waals surface area contributed by atoms with E-state index in [2.05, 4.69) is 43.2 Å². The van der Waals surface area contributed by atoms with Crippen molar-refractivity contribution in [3.05, 3.63) is 71.9 Å². The quantitative estimate of drug-likeness (QED) is 0.784. The standard InChI is InChI=1S/C19H20N2O/c1-14(2)15-8-10-16(11-9-15)19-17(13-22)12-21(20-19)18-6-4-3-5-7-18/h3-12,14,22H,13H2,1-2H3. The van der Waals surface area contributed by atoms with Crippen LogP contribution in [-0.2, 0) is 6.61 Å². The van der Waals surface area contributed by atoms with E-state index in [9.17, 15) is 5.11 Å². The summed E-state index contributed by atoms with van der Waals surface area (Å²) < 4.78 is 1.82. The third-order valence-electron chi connectivity index (χ3n) is 3.83. The first-order chi connectivity index (χ1) is 10.7. The molecule has 1 heterocycles. The molecular formula is C19H20N2O. The summed E-state index contributed by atoms with van der Waals surface area (Å²) >= 11 is 0. The van der Waals surface area contributed by atoms with Crippen molar-refractivity contribution < 1.29 is 5.11 Å². The highest BCUT2D eigenvalue weighted by Crippen LogP contribution is 2.25. The highest BCUT2D eigenvalue weighted by molar-refractivity contribution is 5.63. The van der Waals surface area contributed by atoms with Crippen molar-refractivity contribution in [3.8, 4) is 16.9 Å². The first kappa shape index (κ1) is 14.5. The van der Waals surface area contributed by atoms with Crippen LogP contribution in [0, 0.1) is 0 Å². The SMILES string of the molecule is CC(C)c1ccc(-c2nn(-c3ccccc3)cc2CO)cc1. The maximum absolute atomic E-state index is 9.63. The van der Waals surface area contributed by atoms with E-state index < -0.39 is 0 Å². The number of benzene rings is 2. The smallest absolute Gasteiger partial charge is 0.0982 e. The van der Waals surface area contributed by atoms with Crippen LogP contribution in [0.2, 0.25) is 0 Å². The molecule has 0 atom stereocenters. The first-order valence-electron chi connectivity index (χ1n) is 7.54. The average Bonchev–Trinajstić information content (AvgIpc) is 3.00. The number of hydrogen-bond acceptors (Lipinski definition) is 2. The Labute approximate surface area is 130 Å². The van der Waals surface area contributed by atoms with Gasteiger partial charge in [0.25, 0.3) is 0 Å². The van der Waals surface area contributed by atoms with Crippen molar-refractivity contribution in [2.75, 3.05) is 0 Å². The number of aromatic nitrogens is 2. The molecule has 3 heteroatoms. The summed E-state index contributed by atoms with van der Waals surface area (Å²) in [6.45, 7) is 4.34. The second-order valence-electron chi connectivity index (χ2n) is 5.72. The van der Waals surface area contributed by atoms with Gasteiger partial charge in [-0.3, -0.25) is 0 Å². The van der Waals surface area contributed by atoms with Crippen molar-refractivity contribution >= 4 is 0 Å². The fourth-order valence-corrected chi connectivity index (χ4v) is 2.51. The highest BCUT2D eigenvalue weighted by Gasteiger charge is 2.11. The van der Waals surface area contributed by atoms with E-state index in [-0.39, 0.29) is 6.61 Å². The number of rotatable bonds is 4. The Morgan fingerprint density at radius 2 is 1.68 bits per heavy atom. The fourth-order valence-electron chi connectivity index (χ4n) is 2.51. The van der Waals surface area contributed by atoms with E-state index in [1.165, 1.54) is 5.56 Å². The van der Waals surface area contributed by atoms with Crippen LogP contribution in [0.25, 0.3) is 16.9 Å². The number of aliphatic hydroxyl groups excluding tert-OH is 1. The topological polar surface area (TPSA) is 38.0 Å². The van der Waals surface area contributed by atoms with Gasteiger partial charge in [0.15, 0.2) is 0 Å². The van der Waals surface area contributed by atoms with Gasteiger partial charge in [-0.05, 0) is 23.6 Å². The Bertz CT molecular complexity index is 743. The largest absolute Gasteiger partial charge is 0.392 e. The van der Waals surface area contributed by atoms with Crippen molar-refractivity contribution in [1.29, 1.82) is 0 Å². The van der Waals surface area contributed by atoms with Gasteiger partial charge >= 0.3 is 0 Å². The number of nitrogens with zero attached hydrogens (tertiary/aromatic N) is 2. The van der Waals surface area contributed by atoms with Crippen LogP contribution in [-0.4, -0.2) is 14.9 Å². The Hall–Kier alpha value is -2.39. The minimum atomic E-state index is -0.0197. The molecule has 0 amide bonds. The molecule has 3 aromatic rings. The highest BCUT2D eigenvalue weighted by atomic mass is 16.3. The lowest BCUT2D eigenvalue weighted by molar-refractivity contribution is 0.282. The van der Waals surface area contributed by atoms with Crippen LogP contribution < -0.4 is 0 Å².